The molecule has 2 amide bonds. The fourth-order valence-corrected chi connectivity index (χ4v) is 3.74. The summed E-state index contributed by atoms with van der Waals surface area (Å²) < 4.78 is 5.12. The Hall–Kier alpha value is -2.94. The van der Waals surface area contributed by atoms with E-state index in [-0.39, 0.29) is 0 Å². The fraction of sp³-hybridized carbons (Fsp3) is 0.0500. The molecular formula is C20H15ClN2O4S2. The van der Waals surface area contributed by atoms with Gasteiger partial charge in [0, 0.05) is 20.3 Å². The summed E-state index contributed by atoms with van der Waals surface area (Å²) >= 11 is 8.65. The van der Waals surface area contributed by atoms with E-state index in [1.165, 1.54) is 34.8 Å². The lowest BCUT2D eigenvalue weighted by Gasteiger charge is -2.09. The predicted octanol–water partition coefficient (Wildman–Crippen LogP) is 4.01. The van der Waals surface area contributed by atoms with Gasteiger partial charge in [-0.2, -0.15) is 0 Å². The normalized spacial score (nSPS) is 11.0. The molecule has 0 spiro atoms. The third kappa shape index (κ3) is 6.02. The number of amides is 2. The SMILES string of the molecule is O=C(COC(=O)C(=Cc1cccs1)c1cccs1)NNC(=O)c1ccc(Cl)cc1. The maximum atomic E-state index is 12.5. The Morgan fingerprint density at radius 2 is 1.69 bits per heavy atom. The zero-order valence-electron chi connectivity index (χ0n) is 14.9. The number of rotatable bonds is 6. The van der Waals surface area contributed by atoms with Crippen LogP contribution in [-0.2, 0) is 14.3 Å². The summed E-state index contributed by atoms with van der Waals surface area (Å²) in [7, 11) is 0. The first-order valence-corrected chi connectivity index (χ1v) is 10.5. The molecule has 0 radical (unpaired) electrons. The summed E-state index contributed by atoms with van der Waals surface area (Å²) in [6, 6.07) is 13.6. The van der Waals surface area contributed by atoms with E-state index in [1.54, 1.807) is 24.3 Å². The van der Waals surface area contributed by atoms with Gasteiger partial charge in [0.25, 0.3) is 11.8 Å². The van der Waals surface area contributed by atoms with Crippen molar-refractivity contribution in [1.82, 2.24) is 10.9 Å². The number of hydrazine groups is 1. The number of esters is 1. The summed E-state index contributed by atoms with van der Waals surface area (Å²) in [5.74, 6) is -1.81. The molecular weight excluding hydrogens is 432 g/mol. The zero-order valence-corrected chi connectivity index (χ0v) is 17.3. The Morgan fingerprint density at radius 3 is 2.34 bits per heavy atom. The van der Waals surface area contributed by atoms with E-state index in [1.807, 2.05) is 29.0 Å². The van der Waals surface area contributed by atoms with E-state index >= 15 is 0 Å². The highest BCUT2D eigenvalue weighted by Gasteiger charge is 2.17. The molecule has 0 saturated heterocycles. The molecule has 0 aliphatic carbocycles. The van der Waals surface area contributed by atoms with E-state index in [9.17, 15) is 14.4 Å². The van der Waals surface area contributed by atoms with Crippen molar-refractivity contribution < 1.29 is 19.1 Å². The van der Waals surface area contributed by atoms with Crippen molar-refractivity contribution in [3.05, 3.63) is 79.6 Å². The first kappa shape index (κ1) is 20.8. The molecule has 1 aromatic carbocycles. The Labute approximate surface area is 179 Å². The highest BCUT2D eigenvalue weighted by Crippen LogP contribution is 2.25. The molecule has 6 nitrogen and oxygen atoms in total. The Kier molecular flexibility index (Phi) is 7.18. The van der Waals surface area contributed by atoms with Crippen LogP contribution in [0, 0.1) is 0 Å². The van der Waals surface area contributed by atoms with Gasteiger partial charge in [0.05, 0.1) is 5.57 Å². The highest BCUT2D eigenvalue weighted by atomic mass is 35.5. The number of halogens is 1. The number of carbonyl (C=O) groups is 3. The third-order valence-corrected chi connectivity index (χ3v) is 5.57. The number of carbonyl (C=O) groups excluding carboxylic acids is 3. The lowest BCUT2D eigenvalue weighted by molar-refractivity contribution is -0.143. The van der Waals surface area contributed by atoms with E-state index in [0.29, 0.717) is 16.2 Å². The summed E-state index contributed by atoms with van der Waals surface area (Å²) in [6.07, 6.45) is 1.72. The standard InChI is InChI=1S/C20H15ClN2O4S2/c21-14-7-5-13(6-8-14)19(25)23-22-18(24)12-27-20(26)16(17-4-2-10-29-17)11-15-3-1-9-28-15/h1-11H,12H2,(H,22,24)(H,23,25). The maximum Gasteiger partial charge on any atom is 0.340 e. The van der Waals surface area contributed by atoms with Crippen molar-refractivity contribution in [3.63, 3.8) is 0 Å². The molecule has 0 unspecified atom stereocenters. The number of thiophene rings is 2. The van der Waals surface area contributed by atoms with Gasteiger partial charge >= 0.3 is 5.97 Å². The number of ether oxygens (including phenoxy) is 1. The Bertz CT molecular complexity index is 1010. The number of hydrogen-bond acceptors (Lipinski definition) is 6. The topological polar surface area (TPSA) is 84.5 Å². The van der Waals surface area contributed by atoms with Crippen LogP contribution in [0.1, 0.15) is 20.1 Å². The monoisotopic (exact) mass is 446 g/mol. The van der Waals surface area contributed by atoms with E-state index in [4.69, 9.17) is 16.3 Å². The summed E-state index contributed by atoms with van der Waals surface area (Å²) in [4.78, 5) is 38.0. The second-order valence-electron chi connectivity index (χ2n) is 5.64. The molecule has 148 valence electrons. The molecule has 0 atom stereocenters. The molecule has 2 heterocycles. The van der Waals surface area contributed by atoms with Crippen molar-refractivity contribution in [2.45, 2.75) is 0 Å². The minimum Gasteiger partial charge on any atom is -0.452 e. The number of hydrogen-bond donors (Lipinski definition) is 2. The molecule has 0 saturated carbocycles. The van der Waals surface area contributed by atoms with Crippen molar-refractivity contribution >= 4 is 63.7 Å². The van der Waals surface area contributed by atoms with Gasteiger partial charge in [-0.1, -0.05) is 23.7 Å². The van der Waals surface area contributed by atoms with E-state index in [0.717, 1.165) is 9.75 Å². The molecule has 2 aromatic heterocycles. The molecule has 29 heavy (non-hydrogen) atoms. The zero-order chi connectivity index (χ0) is 20.6. The van der Waals surface area contributed by atoms with Crippen molar-refractivity contribution in [2.75, 3.05) is 6.61 Å². The summed E-state index contributed by atoms with van der Waals surface area (Å²) in [6.45, 7) is -0.535. The Balaban J connectivity index is 1.55. The first-order valence-electron chi connectivity index (χ1n) is 8.34. The smallest absolute Gasteiger partial charge is 0.340 e. The lowest BCUT2D eigenvalue weighted by Crippen LogP contribution is -2.43. The molecule has 0 fully saturated rings. The second-order valence-corrected chi connectivity index (χ2v) is 8.00. The van der Waals surface area contributed by atoms with Crippen LogP contribution in [0.15, 0.2) is 59.3 Å². The van der Waals surface area contributed by atoms with Gasteiger partial charge in [-0.25, -0.2) is 4.79 Å². The fourth-order valence-electron chi connectivity index (χ4n) is 2.22. The van der Waals surface area contributed by atoms with Crippen LogP contribution < -0.4 is 10.9 Å². The van der Waals surface area contributed by atoms with Gasteiger partial charge in [0.15, 0.2) is 6.61 Å². The van der Waals surface area contributed by atoms with Gasteiger partial charge in [0.1, 0.15) is 0 Å². The average molecular weight is 447 g/mol. The van der Waals surface area contributed by atoms with Gasteiger partial charge in [-0.3, -0.25) is 20.4 Å². The maximum absolute atomic E-state index is 12.5. The van der Waals surface area contributed by atoms with Crippen LogP contribution in [0.2, 0.25) is 5.02 Å². The van der Waals surface area contributed by atoms with Crippen molar-refractivity contribution in [3.8, 4) is 0 Å². The van der Waals surface area contributed by atoms with E-state index < -0.39 is 24.4 Å². The van der Waals surface area contributed by atoms with Crippen LogP contribution in [0.4, 0.5) is 0 Å². The van der Waals surface area contributed by atoms with Gasteiger partial charge in [0.2, 0.25) is 0 Å². The van der Waals surface area contributed by atoms with Gasteiger partial charge in [-0.05, 0) is 53.2 Å². The van der Waals surface area contributed by atoms with Gasteiger partial charge in [-0.15, -0.1) is 22.7 Å². The highest BCUT2D eigenvalue weighted by molar-refractivity contribution is 7.12. The molecule has 3 rings (SSSR count). The molecule has 0 aliphatic rings. The average Bonchev–Trinajstić information content (AvgIpc) is 3.43. The largest absolute Gasteiger partial charge is 0.452 e. The molecule has 0 aliphatic heterocycles. The molecule has 2 N–H and O–H groups in total. The quantitative estimate of drug-likeness (QED) is 0.340. The number of benzene rings is 1. The first-order chi connectivity index (χ1) is 14.0. The van der Waals surface area contributed by atoms with E-state index in [2.05, 4.69) is 10.9 Å². The summed E-state index contributed by atoms with van der Waals surface area (Å²) in [5, 5.41) is 4.25. The molecule has 0 bridgehead atoms. The van der Waals surface area contributed by atoms with Crippen LogP contribution in [-0.4, -0.2) is 24.4 Å². The second kappa shape index (κ2) is 10.0. The van der Waals surface area contributed by atoms with Crippen molar-refractivity contribution in [1.29, 1.82) is 0 Å². The number of nitrogens with one attached hydrogen (secondary N) is 2. The summed E-state index contributed by atoms with van der Waals surface area (Å²) in [5.41, 5.74) is 5.14. The Morgan fingerprint density at radius 1 is 0.966 bits per heavy atom. The molecule has 3 aromatic rings. The van der Waals surface area contributed by atoms with Crippen LogP contribution in [0.25, 0.3) is 11.6 Å². The van der Waals surface area contributed by atoms with Crippen LogP contribution in [0.5, 0.6) is 0 Å². The predicted molar refractivity (Wildman–Crippen MR) is 115 cm³/mol. The lowest BCUT2D eigenvalue weighted by atomic mass is 10.2. The third-order valence-electron chi connectivity index (χ3n) is 3.59. The van der Waals surface area contributed by atoms with Crippen LogP contribution >= 0.6 is 34.3 Å². The van der Waals surface area contributed by atoms with Crippen molar-refractivity contribution in [2.24, 2.45) is 0 Å². The molecule has 9 heteroatoms. The minimum atomic E-state index is -0.665. The van der Waals surface area contributed by atoms with Gasteiger partial charge < -0.3 is 4.74 Å². The minimum absolute atomic E-state index is 0.325. The van der Waals surface area contributed by atoms with Crippen LogP contribution in [0.3, 0.4) is 0 Å².